The Labute approximate surface area is 148 Å². The molecule has 0 fully saturated rings. The lowest BCUT2D eigenvalue weighted by Gasteiger charge is -2.09. The number of imide groups is 1. The standard InChI is InChI=1S/C16H18N4O6/c1-20-14(22)11-6-4-3-5-10(11)13(19-20)15(23)26-9-12(21)18-16(24)17-7-8-25-2/h3-6H,7-9H2,1-2H3,(H2,17,18,21,24). The third-order valence-electron chi connectivity index (χ3n) is 3.33. The van der Waals surface area contributed by atoms with Crippen molar-refractivity contribution < 1.29 is 23.9 Å². The van der Waals surface area contributed by atoms with Crippen LogP contribution < -0.4 is 16.2 Å². The first kappa shape index (κ1) is 19.1. The summed E-state index contributed by atoms with van der Waals surface area (Å²) in [5, 5.41) is 8.91. The van der Waals surface area contributed by atoms with Crippen LogP contribution in [0.25, 0.3) is 10.8 Å². The van der Waals surface area contributed by atoms with E-state index < -0.39 is 24.5 Å². The van der Waals surface area contributed by atoms with Crippen LogP contribution in [0.3, 0.4) is 0 Å². The zero-order valence-corrected chi connectivity index (χ0v) is 14.3. The number of carbonyl (C=O) groups is 3. The highest BCUT2D eigenvalue weighted by atomic mass is 16.5. The molecule has 2 N–H and O–H groups in total. The summed E-state index contributed by atoms with van der Waals surface area (Å²) in [6.45, 7) is -0.152. The minimum absolute atomic E-state index is 0.0972. The zero-order chi connectivity index (χ0) is 19.1. The predicted molar refractivity (Wildman–Crippen MR) is 90.7 cm³/mol. The van der Waals surface area contributed by atoms with E-state index in [9.17, 15) is 19.2 Å². The maximum atomic E-state index is 12.2. The second-order valence-corrected chi connectivity index (χ2v) is 5.20. The number of aryl methyl sites for hydroxylation is 1. The molecule has 1 heterocycles. The number of benzene rings is 1. The molecule has 0 atom stereocenters. The number of carbonyl (C=O) groups excluding carboxylic acids is 3. The van der Waals surface area contributed by atoms with Crippen molar-refractivity contribution >= 4 is 28.7 Å². The molecule has 0 saturated carbocycles. The molecule has 1 aromatic heterocycles. The number of nitrogens with zero attached hydrogens (tertiary/aromatic N) is 2. The van der Waals surface area contributed by atoms with E-state index in [2.05, 4.69) is 10.4 Å². The van der Waals surface area contributed by atoms with Crippen LogP contribution in [0.1, 0.15) is 10.5 Å². The number of aromatic nitrogens is 2. The Bertz CT molecular complexity index is 892. The van der Waals surface area contributed by atoms with Crippen LogP contribution in [0, 0.1) is 0 Å². The molecule has 0 aliphatic heterocycles. The smallest absolute Gasteiger partial charge is 0.359 e. The number of hydrogen-bond acceptors (Lipinski definition) is 7. The lowest BCUT2D eigenvalue weighted by atomic mass is 10.1. The highest BCUT2D eigenvalue weighted by molar-refractivity contribution is 6.03. The van der Waals surface area contributed by atoms with Crippen molar-refractivity contribution in [3.05, 3.63) is 40.3 Å². The van der Waals surface area contributed by atoms with Gasteiger partial charge in [-0.3, -0.25) is 14.9 Å². The van der Waals surface area contributed by atoms with Crippen molar-refractivity contribution in [2.45, 2.75) is 0 Å². The average Bonchev–Trinajstić information content (AvgIpc) is 2.63. The molecular formula is C16H18N4O6. The first-order valence-electron chi connectivity index (χ1n) is 7.64. The molecule has 2 aromatic rings. The third kappa shape index (κ3) is 4.63. The van der Waals surface area contributed by atoms with Gasteiger partial charge in [0.25, 0.3) is 11.5 Å². The topological polar surface area (TPSA) is 129 Å². The van der Waals surface area contributed by atoms with Gasteiger partial charge in [0.05, 0.1) is 12.0 Å². The Kier molecular flexibility index (Phi) is 6.39. The second-order valence-electron chi connectivity index (χ2n) is 5.20. The number of nitrogens with one attached hydrogen (secondary N) is 2. The normalized spacial score (nSPS) is 10.4. The van der Waals surface area contributed by atoms with E-state index in [-0.39, 0.29) is 17.8 Å². The van der Waals surface area contributed by atoms with E-state index in [0.717, 1.165) is 4.68 Å². The van der Waals surface area contributed by atoms with Crippen molar-refractivity contribution in [3.63, 3.8) is 0 Å². The Morgan fingerprint density at radius 3 is 2.58 bits per heavy atom. The molecular weight excluding hydrogens is 344 g/mol. The Hall–Kier alpha value is -3.27. The Balaban J connectivity index is 2.02. The van der Waals surface area contributed by atoms with Gasteiger partial charge in [0.2, 0.25) is 0 Å². The van der Waals surface area contributed by atoms with Gasteiger partial charge in [-0.2, -0.15) is 5.10 Å². The van der Waals surface area contributed by atoms with Gasteiger partial charge >= 0.3 is 12.0 Å². The molecule has 10 nitrogen and oxygen atoms in total. The van der Waals surface area contributed by atoms with Crippen molar-refractivity contribution in [1.82, 2.24) is 20.4 Å². The predicted octanol–water partition coefficient (Wildman–Crippen LogP) is -0.437. The number of esters is 1. The van der Waals surface area contributed by atoms with Crippen LogP contribution in [0.5, 0.6) is 0 Å². The molecule has 0 saturated heterocycles. The van der Waals surface area contributed by atoms with E-state index in [1.54, 1.807) is 24.3 Å². The summed E-state index contributed by atoms with van der Waals surface area (Å²) in [5.74, 6) is -1.69. The average molecular weight is 362 g/mol. The number of urea groups is 1. The summed E-state index contributed by atoms with van der Waals surface area (Å²) in [4.78, 5) is 47.3. The van der Waals surface area contributed by atoms with Gasteiger partial charge in [0, 0.05) is 26.1 Å². The summed E-state index contributed by atoms with van der Waals surface area (Å²) in [7, 11) is 2.88. The lowest BCUT2D eigenvalue weighted by Crippen LogP contribution is -2.42. The van der Waals surface area contributed by atoms with Crippen LogP contribution in [0.15, 0.2) is 29.1 Å². The molecule has 0 spiro atoms. The van der Waals surface area contributed by atoms with Gasteiger partial charge in [-0.25, -0.2) is 14.3 Å². The van der Waals surface area contributed by atoms with Gasteiger partial charge in [0.1, 0.15) is 0 Å². The molecule has 10 heteroatoms. The van der Waals surface area contributed by atoms with Crippen LogP contribution in [0.2, 0.25) is 0 Å². The summed E-state index contributed by atoms with van der Waals surface area (Å²) < 4.78 is 10.7. The Morgan fingerprint density at radius 1 is 1.19 bits per heavy atom. The van der Waals surface area contributed by atoms with E-state index >= 15 is 0 Å². The third-order valence-corrected chi connectivity index (χ3v) is 3.33. The van der Waals surface area contributed by atoms with E-state index in [1.807, 2.05) is 5.32 Å². The maximum Gasteiger partial charge on any atom is 0.359 e. The fraction of sp³-hybridized carbons (Fsp3) is 0.312. The Morgan fingerprint density at radius 2 is 1.88 bits per heavy atom. The number of fused-ring (bicyclic) bond motifs is 1. The zero-order valence-electron chi connectivity index (χ0n) is 14.3. The van der Waals surface area contributed by atoms with Gasteiger partial charge in [-0.05, 0) is 6.07 Å². The molecule has 1 aromatic carbocycles. The number of amides is 3. The van der Waals surface area contributed by atoms with E-state index in [1.165, 1.54) is 14.2 Å². The summed E-state index contributed by atoms with van der Waals surface area (Å²) >= 11 is 0. The molecule has 138 valence electrons. The molecule has 0 radical (unpaired) electrons. The van der Waals surface area contributed by atoms with Gasteiger partial charge in [0.15, 0.2) is 12.3 Å². The first-order valence-corrected chi connectivity index (χ1v) is 7.64. The summed E-state index contributed by atoms with van der Waals surface area (Å²) in [5.41, 5.74) is -0.456. The molecule has 0 aliphatic rings. The fourth-order valence-electron chi connectivity index (χ4n) is 2.12. The SMILES string of the molecule is COCCNC(=O)NC(=O)COC(=O)c1nn(C)c(=O)c2ccccc12. The molecule has 0 bridgehead atoms. The van der Waals surface area contributed by atoms with Gasteiger partial charge in [-0.1, -0.05) is 18.2 Å². The monoisotopic (exact) mass is 362 g/mol. The summed E-state index contributed by atoms with van der Waals surface area (Å²) in [6.07, 6.45) is 0. The molecule has 2 rings (SSSR count). The minimum atomic E-state index is -0.883. The number of ether oxygens (including phenoxy) is 2. The minimum Gasteiger partial charge on any atom is -0.451 e. The van der Waals surface area contributed by atoms with Crippen LogP contribution in [-0.4, -0.2) is 54.6 Å². The van der Waals surface area contributed by atoms with Crippen molar-refractivity contribution in [1.29, 1.82) is 0 Å². The van der Waals surface area contributed by atoms with Crippen molar-refractivity contribution in [2.75, 3.05) is 26.9 Å². The molecule has 0 aliphatic carbocycles. The quantitative estimate of drug-likeness (QED) is 0.527. The number of methoxy groups -OCH3 is 1. The van der Waals surface area contributed by atoms with Crippen LogP contribution in [-0.2, 0) is 21.3 Å². The molecule has 3 amide bonds. The maximum absolute atomic E-state index is 12.2. The van der Waals surface area contributed by atoms with Gasteiger partial charge < -0.3 is 14.8 Å². The van der Waals surface area contributed by atoms with Crippen molar-refractivity contribution in [2.24, 2.45) is 7.05 Å². The van der Waals surface area contributed by atoms with Crippen LogP contribution in [0.4, 0.5) is 4.79 Å². The number of hydrogen-bond donors (Lipinski definition) is 2. The first-order chi connectivity index (χ1) is 12.4. The highest BCUT2D eigenvalue weighted by Crippen LogP contribution is 2.13. The number of rotatable bonds is 6. The lowest BCUT2D eigenvalue weighted by molar-refractivity contribution is -0.123. The van der Waals surface area contributed by atoms with Crippen molar-refractivity contribution in [3.8, 4) is 0 Å². The van der Waals surface area contributed by atoms with Crippen LogP contribution >= 0.6 is 0 Å². The van der Waals surface area contributed by atoms with E-state index in [0.29, 0.717) is 17.4 Å². The largest absolute Gasteiger partial charge is 0.451 e. The van der Waals surface area contributed by atoms with E-state index in [4.69, 9.17) is 9.47 Å². The van der Waals surface area contributed by atoms with Gasteiger partial charge in [-0.15, -0.1) is 0 Å². The summed E-state index contributed by atoms with van der Waals surface area (Å²) in [6, 6.07) is 5.71. The fourth-order valence-corrected chi connectivity index (χ4v) is 2.12. The highest BCUT2D eigenvalue weighted by Gasteiger charge is 2.18. The second kappa shape index (κ2) is 8.72. The molecule has 0 unspecified atom stereocenters. The molecule has 26 heavy (non-hydrogen) atoms.